The van der Waals surface area contributed by atoms with Crippen molar-refractivity contribution < 1.29 is 9.59 Å². The first-order chi connectivity index (χ1) is 10.1. The number of rotatable bonds is 4. The number of hydrogen-bond donors (Lipinski definition) is 0. The lowest BCUT2D eigenvalue weighted by Gasteiger charge is -2.22. The van der Waals surface area contributed by atoms with Crippen molar-refractivity contribution in [3.8, 4) is 0 Å². The number of carbonyl (C=O) groups is 2. The fourth-order valence-electron chi connectivity index (χ4n) is 3.00. The molecule has 1 aliphatic heterocycles. The van der Waals surface area contributed by atoms with E-state index in [1.54, 1.807) is 0 Å². The molecule has 0 bridgehead atoms. The quantitative estimate of drug-likeness (QED) is 0.631. The van der Waals surface area contributed by atoms with Crippen molar-refractivity contribution >= 4 is 34.8 Å². The Morgan fingerprint density at radius 3 is 2.38 bits per heavy atom. The zero-order valence-electron chi connectivity index (χ0n) is 11.8. The van der Waals surface area contributed by atoms with Gasteiger partial charge in [-0.15, -0.1) is 11.3 Å². The lowest BCUT2D eigenvalue weighted by atomic mass is 9.85. The van der Waals surface area contributed by atoms with Crippen LogP contribution in [0.1, 0.15) is 17.7 Å². The SMILES string of the molecule is CN(Cc1ccc(Cl)s1)CN1C(=O)C2CC=CCC2C1=O. The Morgan fingerprint density at radius 2 is 1.86 bits per heavy atom. The molecular formula is C15H17ClN2O2S. The molecular weight excluding hydrogens is 308 g/mol. The second-order valence-corrected chi connectivity index (χ2v) is 7.42. The van der Waals surface area contributed by atoms with Crippen molar-refractivity contribution in [1.82, 2.24) is 9.80 Å². The maximum absolute atomic E-state index is 12.4. The van der Waals surface area contributed by atoms with Crippen LogP contribution in [-0.4, -0.2) is 35.3 Å². The van der Waals surface area contributed by atoms with Crippen molar-refractivity contribution in [2.45, 2.75) is 19.4 Å². The van der Waals surface area contributed by atoms with Gasteiger partial charge in [0.25, 0.3) is 0 Å². The summed E-state index contributed by atoms with van der Waals surface area (Å²) >= 11 is 7.44. The molecule has 2 amide bonds. The van der Waals surface area contributed by atoms with E-state index in [-0.39, 0.29) is 23.7 Å². The molecule has 2 heterocycles. The van der Waals surface area contributed by atoms with E-state index in [1.807, 2.05) is 36.2 Å². The van der Waals surface area contributed by atoms with Crippen LogP contribution in [0.15, 0.2) is 24.3 Å². The number of nitrogens with zero attached hydrogens (tertiary/aromatic N) is 2. The Kier molecular flexibility index (Phi) is 4.15. The maximum Gasteiger partial charge on any atom is 0.234 e. The molecule has 0 radical (unpaired) electrons. The number of hydrogen-bond acceptors (Lipinski definition) is 4. The Morgan fingerprint density at radius 1 is 1.24 bits per heavy atom. The molecule has 1 aromatic heterocycles. The fourth-order valence-corrected chi connectivity index (χ4v) is 4.17. The molecule has 112 valence electrons. The Hall–Kier alpha value is -1.17. The van der Waals surface area contributed by atoms with E-state index in [0.29, 0.717) is 26.1 Å². The minimum atomic E-state index is -0.146. The monoisotopic (exact) mass is 324 g/mol. The first-order valence-electron chi connectivity index (χ1n) is 6.99. The highest BCUT2D eigenvalue weighted by molar-refractivity contribution is 7.16. The number of allylic oxidation sites excluding steroid dienone is 2. The fraction of sp³-hybridized carbons (Fsp3) is 0.467. The number of imide groups is 1. The van der Waals surface area contributed by atoms with Crippen LogP contribution < -0.4 is 0 Å². The summed E-state index contributed by atoms with van der Waals surface area (Å²) in [4.78, 5) is 29.3. The van der Waals surface area contributed by atoms with Gasteiger partial charge in [-0.25, -0.2) is 0 Å². The second-order valence-electron chi connectivity index (χ2n) is 5.62. The molecule has 2 unspecified atom stereocenters. The highest BCUT2D eigenvalue weighted by atomic mass is 35.5. The molecule has 1 aromatic rings. The van der Waals surface area contributed by atoms with Gasteiger partial charge < -0.3 is 0 Å². The number of fused-ring (bicyclic) bond motifs is 1. The van der Waals surface area contributed by atoms with E-state index in [2.05, 4.69) is 0 Å². The van der Waals surface area contributed by atoms with E-state index in [4.69, 9.17) is 11.6 Å². The van der Waals surface area contributed by atoms with Crippen molar-refractivity contribution in [3.05, 3.63) is 33.5 Å². The zero-order chi connectivity index (χ0) is 15.0. The standard InChI is InChI=1S/C15H17ClN2O2S/c1-17(8-10-6-7-13(16)21-10)9-18-14(19)11-4-2-3-5-12(11)15(18)20/h2-3,6-7,11-12H,4-5,8-9H2,1H3. The minimum Gasteiger partial charge on any atom is -0.284 e. The molecule has 0 N–H and O–H groups in total. The third-order valence-electron chi connectivity index (χ3n) is 4.04. The third-order valence-corrected chi connectivity index (χ3v) is 5.25. The smallest absolute Gasteiger partial charge is 0.234 e. The van der Waals surface area contributed by atoms with E-state index in [0.717, 1.165) is 9.21 Å². The minimum absolute atomic E-state index is 0.0228. The van der Waals surface area contributed by atoms with Crippen LogP contribution >= 0.6 is 22.9 Å². The first-order valence-corrected chi connectivity index (χ1v) is 8.18. The predicted molar refractivity (Wildman–Crippen MR) is 82.9 cm³/mol. The maximum atomic E-state index is 12.4. The van der Waals surface area contributed by atoms with Crippen LogP contribution in [-0.2, 0) is 16.1 Å². The average molecular weight is 325 g/mol. The Balaban J connectivity index is 1.64. The molecule has 1 fully saturated rings. The number of thiophene rings is 1. The molecule has 1 aliphatic carbocycles. The summed E-state index contributed by atoms with van der Waals surface area (Å²) in [5, 5.41) is 0. The summed E-state index contributed by atoms with van der Waals surface area (Å²) in [6.45, 7) is 1.03. The largest absolute Gasteiger partial charge is 0.284 e. The summed E-state index contributed by atoms with van der Waals surface area (Å²) in [6, 6.07) is 3.84. The van der Waals surface area contributed by atoms with Gasteiger partial charge in [0.15, 0.2) is 0 Å². The highest BCUT2D eigenvalue weighted by Gasteiger charge is 2.47. The lowest BCUT2D eigenvalue weighted by Crippen LogP contribution is -2.39. The van der Waals surface area contributed by atoms with Gasteiger partial charge in [0.05, 0.1) is 22.8 Å². The van der Waals surface area contributed by atoms with Crippen molar-refractivity contribution in [2.75, 3.05) is 13.7 Å². The van der Waals surface area contributed by atoms with Gasteiger partial charge >= 0.3 is 0 Å². The first kappa shape index (κ1) is 14.8. The van der Waals surface area contributed by atoms with Crippen molar-refractivity contribution in [1.29, 1.82) is 0 Å². The normalized spacial score (nSPS) is 25.0. The number of carbonyl (C=O) groups excluding carboxylic acids is 2. The van der Waals surface area contributed by atoms with Crippen LogP contribution in [0.3, 0.4) is 0 Å². The summed E-state index contributed by atoms with van der Waals surface area (Å²) in [7, 11) is 1.91. The van der Waals surface area contributed by atoms with Gasteiger partial charge in [0.1, 0.15) is 0 Å². The molecule has 0 saturated carbocycles. The lowest BCUT2D eigenvalue weighted by molar-refractivity contribution is -0.142. The predicted octanol–water partition coefficient (Wildman–Crippen LogP) is 2.74. The van der Waals surface area contributed by atoms with Gasteiger partial charge in [-0.3, -0.25) is 19.4 Å². The van der Waals surface area contributed by atoms with E-state index in [1.165, 1.54) is 16.2 Å². The number of amides is 2. The molecule has 0 spiro atoms. The van der Waals surface area contributed by atoms with Gasteiger partial charge in [-0.1, -0.05) is 23.8 Å². The molecule has 3 rings (SSSR count). The summed E-state index contributed by atoms with van der Waals surface area (Å²) < 4.78 is 0.754. The third kappa shape index (κ3) is 2.91. The zero-order valence-corrected chi connectivity index (χ0v) is 13.4. The van der Waals surface area contributed by atoms with Crippen LogP contribution in [0, 0.1) is 11.8 Å². The molecule has 4 nitrogen and oxygen atoms in total. The molecule has 0 aromatic carbocycles. The van der Waals surface area contributed by atoms with Gasteiger partial charge in [-0.2, -0.15) is 0 Å². The number of halogens is 1. The van der Waals surface area contributed by atoms with Crippen LogP contribution in [0.2, 0.25) is 4.34 Å². The van der Waals surface area contributed by atoms with Gasteiger partial charge in [0, 0.05) is 11.4 Å². The van der Waals surface area contributed by atoms with Gasteiger partial charge in [0.2, 0.25) is 11.8 Å². The Labute approximate surface area is 133 Å². The summed E-state index contributed by atoms with van der Waals surface area (Å²) in [5.74, 6) is -0.338. The Bertz CT molecular complexity index is 572. The molecule has 1 saturated heterocycles. The van der Waals surface area contributed by atoms with E-state index < -0.39 is 0 Å². The van der Waals surface area contributed by atoms with Crippen LogP contribution in [0.5, 0.6) is 0 Å². The van der Waals surface area contributed by atoms with Crippen molar-refractivity contribution in [2.24, 2.45) is 11.8 Å². The molecule has 2 atom stereocenters. The average Bonchev–Trinajstić information content (AvgIpc) is 2.97. The number of likely N-dealkylation sites (tertiary alicyclic amines) is 1. The van der Waals surface area contributed by atoms with E-state index >= 15 is 0 Å². The molecule has 6 heteroatoms. The molecule has 2 aliphatic rings. The highest BCUT2D eigenvalue weighted by Crippen LogP contribution is 2.35. The topological polar surface area (TPSA) is 40.6 Å². The van der Waals surface area contributed by atoms with Gasteiger partial charge in [-0.05, 0) is 32.0 Å². The summed E-state index contributed by atoms with van der Waals surface area (Å²) in [5.41, 5.74) is 0. The van der Waals surface area contributed by atoms with Crippen LogP contribution in [0.4, 0.5) is 0 Å². The second kappa shape index (κ2) is 5.91. The summed E-state index contributed by atoms with van der Waals surface area (Å²) in [6.07, 6.45) is 5.40. The van der Waals surface area contributed by atoms with Crippen LogP contribution in [0.25, 0.3) is 0 Å². The molecule has 21 heavy (non-hydrogen) atoms. The van der Waals surface area contributed by atoms with Crippen molar-refractivity contribution in [3.63, 3.8) is 0 Å². The van der Waals surface area contributed by atoms with E-state index in [9.17, 15) is 9.59 Å².